The van der Waals surface area contributed by atoms with Crippen LogP contribution < -0.4 is 10.1 Å². The first-order valence-corrected chi connectivity index (χ1v) is 7.43. The third-order valence-electron chi connectivity index (χ3n) is 3.77. The maximum Gasteiger partial charge on any atom is 0.223 e. The van der Waals surface area contributed by atoms with Gasteiger partial charge in [0.15, 0.2) is 11.5 Å². The van der Waals surface area contributed by atoms with Gasteiger partial charge in [0.2, 0.25) is 5.91 Å². The maximum absolute atomic E-state index is 12.1. The number of nitrogens with one attached hydrogen (secondary N) is 1. The van der Waals surface area contributed by atoms with E-state index in [1.54, 1.807) is 18.2 Å². The first-order chi connectivity index (χ1) is 9.70. The van der Waals surface area contributed by atoms with E-state index in [2.05, 4.69) is 5.32 Å². The molecule has 2 N–H and O–H groups in total. The lowest BCUT2D eigenvalue weighted by Crippen LogP contribution is -2.31. The zero-order valence-electron chi connectivity index (χ0n) is 12.0. The monoisotopic (exact) mass is 277 g/mol. The summed E-state index contributed by atoms with van der Waals surface area (Å²) in [5, 5.41) is 12.6. The molecule has 1 aromatic rings. The highest BCUT2D eigenvalue weighted by molar-refractivity contribution is 5.78. The number of carbonyl (C=O) groups excluding carboxylic acids is 1. The lowest BCUT2D eigenvalue weighted by Gasteiger charge is -2.20. The molecule has 2 rings (SSSR count). The van der Waals surface area contributed by atoms with Crippen LogP contribution in [-0.2, 0) is 11.3 Å². The van der Waals surface area contributed by atoms with Crippen molar-refractivity contribution >= 4 is 5.91 Å². The number of phenols is 1. The fourth-order valence-corrected chi connectivity index (χ4v) is 2.64. The quantitative estimate of drug-likeness (QED) is 0.870. The fraction of sp³-hybridized carbons (Fsp3) is 0.562. The Hall–Kier alpha value is -1.71. The number of aromatic hydroxyl groups is 1. The lowest BCUT2D eigenvalue weighted by molar-refractivity contribution is -0.126. The predicted octanol–water partition coefficient (Wildman–Crippen LogP) is 2.99. The first-order valence-electron chi connectivity index (χ1n) is 7.43. The third-order valence-corrected chi connectivity index (χ3v) is 3.77. The molecule has 0 bridgehead atoms. The highest BCUT2D eigenvalue weighted by atomic mass is 16.5. The topological polar surface area (TPSA) is 58.6 Å². The van der Waals surface area contributed by atoms with Crippen molar-refractivity contribution in [1.82, 2.24) is 5.32 Å². The Bertz CT molecular complexity index is 453. The molecule has 4 nitrogen and oxygen atoms in total. The van der Waals surface area contributed by atoms with Crippen LogP contribution in [0.3, 0.4) is 0 Å². The molecule has 4 heteroatoms. The number of carbonyl (C=O) groups is 1. The van der Waals surface area contributed by atoms with E-state index in [9.17, 15) is 9.90 Å². The summed E-state index contributed by atoms with van der Waals surface area (Å²) in [6, 6.07) is 5.19. The van der Waals surface area contributed by atoms with E-state index < -0.39 is 0 Å². The van der Waals surface area contributed by atoms with Crippen LogP contribution >= 0.6 is 0 Å². The van der Waals surface area contributed by atoms with Gasteiger partial charge in [-0.15, -0.1) is 0 Å². The van der Waals surface area contributed by atoms with Crippen molar-refractivity contribution in [2.75, 3.05) is 6.61 Å². The summed E-state index contributed by atoms with van der Waals surface area (Å²) in [4.78, 5) is 12.1. The average molecular weight is 277 g/mol. The van der Waals surface area contributed by atoms with Crippen molar-refractivity contribution in [3.05, 3.63) is 23.8 Å². The van der Waals surface area contributed by atoms with Crippen LogP contribution in [0.1, 0.15) is 44.6 Å². The molecule has 0 spiro atoms. The van der Waals surface area contributed by atoms with Crippen LogP contribution in [-0.4, -0.2) is 17.6 Å². The van der Waals surface area contributed by atoms with E-state index >= 15 is 0 Å². The summed E-state index contributed by atoms with van der Waals surface area (Å²) < 4.78 is 5.34. The molecule has 0 atom stereocenters. The molecule has 1 amide bonds. The van der Waals surface area contributed by atoms with E-state index in [0.29, 0.717) is 18.9 Å². The maximum atomic E-state index is 12.1. The van der Waals surface area contributed by atoms with E-state index in [1.807, 2.05) is 6.92 Å². The van der Waals surface area contributed by atoms with Gasteiger partial charge < -0.3 is 15.2 Å². The van der Waals surface area contributed by atoms with E-state index in [0.717, 1.165) is 31.2 Å². The Balaban J connectivity index is 1.89. The largest absolute Gasteiger partial charge is 0.504 e. The van der Waals surface area contributed by atoms with Gasteiger partial charge in [0, 0.05) is 12.5 Å². The van der Waals surface area contributed by atoms with Crippen LogP contribution in [0.15, 0.2) is 18.2 Å². The molecular weight excluding hydrogens is 254 g/mol. The van der Waals surface area contributed by atoms with Crippen LogP contribution in [0.4, 0.5) is 0 Å². The van der Waals surface area contributed by atoms with Crippen molar-refractivity contribution in [2.24, 2.45) is 5.92 Å². The second-order valence-electron chi connectivity index (χ2n) is 5.29. The summed E-state index contributed by atoms with van der Waals surface area (Å²) >= 11 is 0. The van der Waals surface area contributed by atoms with Crippen molar-refractivity contribution in [2.45, 2.75) is 45.6 Å². The Kier molecular flexibility index (Phi) is 5.27. The molecule has 20 heavy (non-hydrogen) atoms. The number of amides is 1. The van der Waals surface area contributed by atoms with E-state index in [-0.39, 0.29) is 17.6 Å². The molecule has 1 saturated carbocycles. The minimum atomic E-state index is 0.134. The van der Waals surface area contributed by atoms with Gasteiger partial charge in [-0.2, -0.15) is 0 Å². The van der Waals surface area contributed by atoms with E-state index in [1.165, 1.54) is 6.42 Å². The van der Waals surface area contributed by atoms with Gasteiger partial charge in [0.1, 0.15) is 0 Å². The van der Waals surface area contributed by atoms with Crippen molar-refractivity contribution < 1.29 is 14.6 Å². The zero-order chi connectivity index (χ0) is 14.4. The molecule has 1 aliphatic rings. The molecule has 1 aromatic carbocycles. The Morgan fingerprint density at radius 3 is 2.80 bits per heavy atom. The van der Waals surface area contributed by atoms with Crippen molar-refractivity contribution in [3.8, 4) is 11.5 Å². The Morgan fingerprint density at radius 1 is 1.35 bits per heavy atom. The van der Waals surface area contributed by atoms with Crippen LogP contribution in [0, 0.1) is 5.92 Å². The van der Waals surface area contributed by atoms with Gasteiger partial charge in [-0.3, -0.25) is 4.79 Å². The number of ether oxygens (including phenoxy) is 1. The Labute approximate surface area is 120 Å². The molecule has 0 saturated heterocycles. The molecule has 0 heterocycles. The smallest absolute Gasteiger partial charge is 0.223 e. The predicted molar refractivity (Wildman–Crippen MR) is 77.7 cm³/mol. The number of benzene rings is 1. The molecule has 0 unspecified atom stereocenters. The van der Waals surface area contributed by atoms with Gasteiger partial charge in [0.25, 0.3) is 0 Å². The highest BCUT2D eigenvalue weighted by Crippen LogP contribution is 2.27. The second-order valence-corrected chi connectivity index (χ2v) is 5.29. The van der Waals surface area contributed by atoms with Crippen molar-refractivity contribution in [1.29, 1.82) is 0 Å². The van der Waals surface area contributed by atoms with Gasteiger partial charge in [-0.05, 0) is 37.5 Å². The van der Waals surface area contributed by atoms with Gasteiger partial charge in [0.05, 0.1) is 6.61 Å². The average Bonchev–Trinajstić information content (AvgIpc) is 2.49. The standard InChI is InChI=1S/C16H23NO3/c1-2-20-15-10-12(8-9-14(15)18)11-17-16(19)13-6-4-3-5-7-13/h8-10,13,18H,2-7,11H2,1H3,(H,17,19). The summed E-state index contributed by atoms with van der Waals surface area (Å²) in [7, 11) is 0. The first kappa shape index (κ1) is 14.7. The van der Waals surface area contributed by atoms with Gasteiger partial charge in [-0.25, -0.2) is 0 Å². The summed E-state index contributed by atoms with van der Waals surface area (Å²) in [5.74, 6) is 0.925. The second kappa shape index (κ2) is 7.17. The molecule has 1 aliphatic carbocycles. The number of hydrogen-bond acceptors (Lipinski definition) is 3. The normalized spacial score (nSPS) is 15.8. The number of hydrogen-bond donors (Lipinski definition) is 2. The zero-order valence-corrected chi connectivity index (χ0v) is 12.0. The van der Waals surface area contributed by atoms with Crippen LogP contribution in [0.5, 0.6) is 11.5 Å². The minimum Gasteiger partial charge on any atom is -0.504 e. The van der Waals surface area contributed by atoms with Crippen LogP contribution in [0.2, 0.25) is 0 Å². The van der Waals surface area contributed by atoms with Gasteiger partial charge >= 0.3 is 0 Å². The van der Waals surface area contributed by atoms with Crippen LogP contribution in [0.25, 0.3) is 0 Å². The Morgan fingerprint density at radius 2 is 2.10 bits per heavy atom. The molecular formula is C16H23NO3. The molecule has 0 radical (unpaired) electrons. The summed E-state index contributed by atoms with van der Waals surface area (Å²) in [6.07, 6.45) is 5.58. The summed E-state index contributed by atoms with van der Waals surface area (Å²) in [6.45, 7) is 2.86. The highest BCUT2D eigenvalue weighted by Gasteiger charge is 2.20. The summed E-state index contributed by atoms with van der Waals surface area (Å²) in [5.41, 5.74) is 0.940. The van der Waals surface area contributed by atoms with E-state index in [4.69, 9.17) is 4.74 Å². The molecule has 0 aliphatic heterocycles. The molecule has 110 valence electrons. The number of phenolic OH excluding ortho intramolecular Hbond substituents is 1. The lowest BCUT2D eigenvalue weighted by atomic mass is 9.88. The minimum absolute atomic E-state index is 0.134. The molecule has 1 fully saturated rings. The molecule has 0 aromatic heterocycles. The van der Waals surface area contributed by atoms with Crippen molar-refractivity contribution in [3.63, 3.8) is 0 Å². The number of rotatable bonds is 5. The fourth-order valence-electron chi connectivity index (χ4n) is 2.64. The third kappa shape index (κ3) is 3.89. The SMILES string of the molecule is CCOc1cc(CNC(=O)C2CCCCC2)ccc1O. The van der Waals surface area contributed by atoms with Gasteiger partial charge in [-0.1, -0.05) is 25.3 Å².